The second-order valence-corrected chi connectivity index (χ2v) is 5.68. The molecule has 0 aliphatic rings. The molecule has 80 valence electrons. The summed E-state index contributed by atoms with van der Waals surface area (Å²) in [5.74, 6) is -1.94. The number of halogens is 1. The molecule has 0 fully saturated rings. The van der Waals surface area contributed by atoms with Gasteiger partial charge in [0.05, 0.1) is 0 Å². The van der Waals surface area contributed by atoms with Gasteiger partial charge < -0.3 is 0 Å². The van der Waals surface area contributed by atoms with Crippen LogP contribution in [0.2, 0.25) is 5.32 Å². The zero-order valence-corrected chi connectivity index (χ0v) is 10.7. The number of carbonyl (C=O) groups is 2. The van der Waals surface area contributed by atoms with E-state index in [9.17, 15) is 9.59 Å². The summed E-state index contributed by atoms with van der Waals surface area (Å²) >= 11 is 2.82. The van der Waals surface area contributed by atoms with Gasteiger partial charge >= 0.3 is 101 Å². The number of aromatic carboxylic acids is 1. The van der Waals surface area contributed by atoms with Crippen molar-refractivity contribution in [3.63, 3.8) is 0 Å². The van der Waals surface area contributed by atoms with Crippen LogP contribution in [-0.2, 0) is 4.79 Å². The van der Waals surface area contributed by atoms with Crippen LogP contribution in [-0.4, -0.2) is 37.1 Å². The summed E-state index contributed by atoms with van der Waals surface area (Å²) in [5.41, 5.74) is 0.172. The van der Waals surface area contributed by atoms with Crippen molar-refractivity contribution in [3.8, 4) is 0 Å². The second-order valence-electron chi connectivity index (χ2n) is 2.63. The van der Waals surface area contributed by atoms with E-state index in [0.717, 1.165) is 0 Å². The van der Waals surface area contributed by atoms with E-state index < -0.39 is 11.9 Å². The molecule has 0 aromatic heterocycles. The molecule has 0 aliphatic carbocycles. The van der Waals surface area contributed by atoms with Crippen LogP contribution in [0.3, 0.4) is 0 Å². The SMILES string of the molecule is O=C(O)C[Se]c1ccc(Br)cc1C(=O)O. The number of aliphatic carboxylic acids is 1. The van der Waals surface area contributed by atoms with Gasteiger partial charge in [-0.25, -0.2) is 0 Å². The van der Waals surface area contributed by atoms with Crippen LogP contribution in [0.25, 0.3) is 0 Å². The third kappa shape index (κ3) is 3.66. The summed E-state index contributed by atoms with van der Waals surface area (Å²) < 4.78 is 1.27. The van der Waals surface area contributed by atoms with Crippen molar-refractivity contribution in [1.82, 2.24) is 0 Å². The van der Waals surface area contributed by atoms with Crippen LogP contribution < -0.4 is 4.46 Å². The fourth-order valence-corrected chi connectivity index (χ4v) is 2.86. The molecular formula is C9H7BrO4Se. The molecule has 2 N–H and O–H groups in total. The normalized spacial score (nSPS) is 9.93. The number of carboxylic acid groups (broad SMARTS) is 2. The Kier molecular flexibility index (Phi) is 4.32. The summed E-state index contributed by atoms with van der Waals surface area (Å²) in [6.07, 6.45) is 0. The van der Waals surface area contributed by atoms with Crippen LogP contribution in [0, 0.1) is 0 Å². The molecule has 0 amide bonds. The fraction of sp³-hybridized carbons (Fsp3) is 0.111. The van der Waals surface area contributed by atoms with Gasteiger partial charge in [-0.05, 0) is 0 Å². The minimum atomic E-state index is -1.03. The van der Waals surface area contributed by atoms with Crippen molar-refractivity contribution in [3.05, 3.63) is 28.2 Å². The van der Waals surface area contributed by atoms with Crippen molar-refractivity contribution in [1.29, 1.82) is 0 Å². The van der Waals surface area contributed by atoms with Gasteiger partial charge in [-0.1, -0.05) is 0 Å². The molecule has 6 heteroatoms. The Hall–Kier alpha value is -0.841. The molecule has 0 atom stereocenters. The fourth-order valence-electron chi connectivity index (χ4n) is 0.935. The number of rotatable bonds is 4. The van der Waals surface area contributed by atoms with E-state index in [1.54, 1.807) is 12.1 Å². The average molecular weight is 338 g/mol. The Balaban J connectivity index is 2.95. The number of carboxylic acids is 2. The van der Waals surface area contributed by atoms with E-state index >= 15 is 0 Å². The van der Waals surface area contributed by atoms with E-state index in [1.165, 1.54) is 6.07 Å². The van der Waals surface area contributed by atoms with Gasteiger partial charge in [-0.3, -0.25) is 0 Å². The summed E-state index contributed by atoms with van der Waals surface area (Å²) in [6, 6.07) is 4.85. The quantitative estimate of drug-likeness (QED) is 0.803. The third-order valence-corrected chi connectivity index (χ3v) is 4.24. The summed E-state index contributed by atoms with van der Waals surface area (Å²) in [7, 11) is 0. The molecule has 0 saturated carbocycles. The van der Waals surface area contributed by atoms with Gasteiger partial charge in [-0.2, -0.15) is 0 Å². The topological polar surface area (TPSA) is 74.6 Å². The molecule has 1 rings (SSSR count). The summed E-state index contributed by atoms with van der Waals surface area (Å²) in [6.45, 7) is 0. The molecular weight excluding hydrogens is 331 g/mol. The van der Waals surface area contributed by atoms with Gasteiger partial charge in [0.2, 0.25) is 0 Å². The van der Waals surface area contributed by atoms with Gasteiger partial charge in [0.1, 0.15) is 0 Å². The molecule has 0 saturated heterocycles. The molecule has 0 spiro atoms. The standard InChI is InChI=1S/C9H7BrO4Se/c10-5-1-2-7(15-4-8(11)12)6(3-5)9(13)14/h1-3H,4H2,(H,11,12)(H,13,14). The molecule has 0 heterocycles. The van der Waals surface area contributed by atoms with Gasteiger partial charge in [0.15, 0.2) is 0 Å². The zero-order valence-electron chi connectivity index (χ0n) is 7.44. The first kappa shape index (κ1) is 12.2. The van der Waals surface area contributed by atoms with Crippen molar-refractivity contribution in [2.75, 3.05) is 0 Å². The Morgan fingerprint density at radius 1 is 1.33 bits per heavy atom. The van der Waals surface area contributed by atoms with Crippen LogP contribution in [0.1, 0.15) is 10.4 Å². The first-order chi connectivity index (χ1) is 7.00. The zero-order chi connectivity index (χ0) is 11.4. The van der Waals surface area contributed by atoms with E-state index in [2.05, 4.69) is 15.9 Å². The molecule has 4 nitrogen and oxygen atoms in total. The Morgan fingerprint density at radius 2 is 2.00 bits per heavy atom. The predicted molar refractivity (Wildman–Crippen MR) is 58.9 cm³/mol. The maximum atomic E-state index is 10.9. The molecule has 15 heavy (non-hydrogen) atoms. The Labute approximate surface area is 101 Å². The monoisotopic (exact) mass is 338 g/mol. The summed E-state index contributed by atoms with van der Waals surface area (Å²) in [4.78, 5) is 21.2. The maximum absolute atomic E-state index is 10.9. The third-order valence-electron chi connectivity index (χ3n) is 1.52. The van der Waals surface area contributed by atoms with Crippen molar-refractivity contribution >= 4 is 47.3 Å². The molecule has 1 aromatic rings. The molecule has 0 aliphatic heterocycles. The van der Waals surface area contributed by atoms with E-state index in [0.29, 0.717) is 8.93 Å². The van der Waals surface area contributed by atoms with Crippen molar-refractivity contribution in [2.24, 2.45) is 0 Å². The Morgan fingerprint density at radius 3 is 2.53 bits per heavy atom. The number of hydrogen-bond acceptors (Lipinski definition) is 2. The average Bonchev–Trinajstić information content (AvgIpc) is 2.15. The predicted octanol–water partition coefficient (Wildman–Crippen LogP) is 0.980. The molecule has 0 unspecified atom stereocenters. The van der Waals surface area contributed by atoms with Crippen molar-refractivity contribution in [2.45, 2.75) is 5.32 Å². The first-order valence-electron chi connectivity index (χ1n) is 3.88. The van der Waals surface area contributed by atoms with Crippen LogP contribution in [0.5, 0.6) is 0 Å². The van der Waals surface area contributed by atoms with Gasteiger partial charge in [0, 0.05) is 0 Å². The van der Waals surface area contributed by atoms with Gasteiger partial charge in [0.25, 0.3) is 0 Å². The minimum absolute atomic E-state index is 0.00505. The number of benzene rings is 1. The van der Waals surface area contributed by atoms with Crippen LogP contribution in [0.4, 0.5) is 0 Å². The first-order valence-corrected chi connectivity index (χ1v) is 6.74. The second kappa shape index (κ2) is 5.30. The van der Waals surface area contributed by atoms with E-state index in [4.69, 9.17) is 10.2 Å². The van der Waals surface area contributed by atoms with E-state index in [-0.39, 0.29) is 25.8 Å². The van der Waals surface area contributed by atoms with Crippen molar-refractivity contribution < 1.29 is 19.8 Å². The Bertz CT molecular complexity index is 405. The van der Waals surface area contributed by atoms with E-state index in [1.807, 2.05) is 0 Å². The number of hydrogen-bond donors (Lipinski definition) is 2. The summed E-state index contributed by atoms with van der Waals surface area (Å²) in [5, 5.41) is 17.4. The molecule has 0 radical (unpaired) electrons. The van der Waals surface area contributed by atoms with Gasteiger partial charge in [-0.15, -0.1) is 0 Å². The van der Waals surface area contributed by atoms with Crippen LogP contribution >= 0.6 is 15.9 Å². The molecule has 0 bridgehead atoms. The van der Waals surface area contributed by atoms with Crippen LogP contribution in [0.15, 0.2) is 22.7 Å². The molecule has 1 aromatic carbocycles.